The lowest BCUT2D eigenvalue weighted by Gasteiger charge is -2.16. The van der Waals surface area contributed by atoms with Crippen molar-refractivity contribution in [2.24, 2.45) is 0 Å². The Bertz CT molecular complexity index is 722. The van der Waals surface area contributed by atoms with Crippen LogP contribution in [0.15, 0.2) is 47.4 Å². The Morgan fingerprint density at radius 2 is 1.94 bits per heavy atom. The van der Waals surface area contributed by atoms with E-state index in [0.29, 0.717) is 0 Å². The highest BCUT2D eigenvalue weighted by Crippen LogP contribution is 2.35. The van der Waals surface area contributed by atoms with Gasteiger partial charge in [0.2, 0.25) is 0 Å². The van der Waals surface area contributed by atoms with Crippen LogP contribution < -0.4 is 5.22 Å². The topological polar surface area (TPSA) is 20.2 Å². The highest BCUT2D eigenvalue weighted by molar-refractivity contribution is 8.09. The predicted octanol–water partition coefficient (Wildman–Crippen LogP) is 3.05. The van der Waals surface area contributed by atoms with Crippen LogP contribution in [0.4, 0.5) is 0 Å². The van der Waals surface area contributed by atoms with E-state index in [2.05, 4.69) is 30.3 Å². The van der Waals surface area contributed by atoms with Crippen LogP contribution in [0.2, 0.25) is 5.02 Å². The molecule has 0 amide bonds. The van der Waals surface area contributed by atoms with Crippen molar-refractivity contribution in [2.45, 2.75) is 4.90 Å². The van der Waals surface area contributed by atoms with Gasteiger partial charge in [-0.05, 0) is 41.1 Å². The Kier molecular flexibility index (Phi) is 3.25. The maximum atomic E-state index is 9.29. The van der Waals surface area contributed by atoms with Crippen LogP contribution in [0.5, 0.6) is 0 Å². The summed E-state index contributed by atoms with van der Waals surface area (Å²) in [5.41, 5.74) is 1.18. The number of halogens is 1. The first-order valence-electron chi connectivity index (χ1n) is 5.84. The zero-order chi connectivity index (χ0) is 12.5. The molecular weight excluding hydrogens is 264 g/mol. The first kappa shape index (κ1) is 12.0. The molecule has 0 aliphatic carbocycles. The molecule has 1 unspecified atom stereocenters. The molecule has 0 radical (unpaired) electrons. The number of fused-ring (bicyclic) bond motifs is 2. The molecule has 0 spiro atoms. The molecule has 2 aromatic rings. The third kappa shape index (κ3) is 2.01. The minimum Gasteiger partial charge on any atom is -0.396 e. The van der Waals surface area contributed by atoms with Crippen LogP contribution in [0, 0.1) is 4.51 Å². The van der Waals surface area contributed by atoms with Crippen LogP contribution in [0.3, 0.4) is 0 Å². The first-order chi connectivity index (χ1) is 8.79. The van der Waals surface area contributed by atoms with E-state index in [1.54, 1.807) is 0 Å². The fourth-order valence-corrected chi connectivity index (χ4v) is 4.61. The smallest absolute Gasteiger partial charge is 0.0520 e. The quantitative estimate of drug-likeness (QED) is 0.836. The van der Waals surface area contributed by atoms with Gasteiger partial charge in [-0.15, -0.1) is 10.5 Å². The van der Waals surface area contributed by atoms with E-state index in [0.717, 1.165) is 10.8 Å². The zero-order valence-electron chi connectivity index (χ0n) is 9.77. The molecule has 1 aliphatic heterocycles. The van der Waals surface area contributed by atoms with Gasteiger partial charge in [-0.25, -0.2) is 0 Å². The number of aliphatic hydroxyl groups is 1. The van der Waals surface area contributed by atoms with Crippen LogP contribution in [-0.2, 0) is 0 Å². The summed E-state index contributed by atoms with van der Waals surface area (Å²) in [7, 11) is -0.0427. The number of benzene rings is 2. The van der Waals surface area contributed by atoms with Crippen molar-refractivity contribution in [3.05, 3.63) is 62.8 Å². The van der Waals surface area contributed by atoms with Gasteiger partial charge in [0.05, 0.1) is 6.61 Å². The number of hydrogen-bond donors (Lipinski definition) is 1. The molecule has 2 aromatic carbocycles. The molecule has 92 valence electrons. The largest absolute Gasteiger partial charge is 0.396 e. The number of aliphatic hydroxyl groups excluding tert-OH is 1. The molecule has 18 heavy (non-hydrogen) atoms. The van der Waals surface area contributed by atoms with Crippen molar-refractivity contribution in [3.63, 3.8) is 0 Å². The van der Waals surface area contributed by atoms with E-state index in [9.17, 15) is 5.11 Å². The summed E-state index contributed by atoms with van der Waals surface area (Å²) < 4.78 is 1.32. The van der Waals surface area contributed by atoms with E-state index in [-0.39, 0.29) is 17.1 Å². The van der Waals surface area contributed by atoms with Gasteiger partial charge in [0.1, 0.15) is 0 Å². The minimum atomic E-state index is -0.0427. The molecule has 1 aliphatic rings. The van der Waals surface area contributed by atoms with Crippen molar-refractivity contribution in [1.82, 2.24) is 0 Å². The summed E-state index contributed by atoms with van der Waals surface area (Å²) in [4.78, 5) is 1.28. The second-order valence-corrected chi connectivity index (χ2v) is 6.69. The van der Waals surface area contributed by atoms with E-state index in [1.807, 2.05) is 18.2 Å². The standard InChI is InChI=1S/C15H13ClOS/c16-13-5-6-15-12(10-13)9-11-3-1-2-4-14(11)18(15)8-7-17/h1-6,9-10,17H,7-8H2. The Morgan fingerprint density at radius 1 is 1.11 bits per heavy atom. The van der Waals surface area contributed by atoms with Crippen LogP contribution in [0.1, 0.15) is 5.56 Å². The predicted molar refractivity (Wildman–Crippen MR) is 77.7 cm³/mol. The fourth-order valence-electron chi connectivity index (χ4n) is 2.28. The molecule has 3 heteroatoms. The Balaban J connectivity index is 2.37. The fraction of sp³-hybridized carbons (Fsp3) is 0.133. The van der Waals surface area contributed by atoms with Crippen molar-refractivity contribution in [1.29, 1.82) is 0 Å². The van der Waals surface area contributed by atoms with E-state index < -0.39 is 0 Å². The number of rotatable bonds is 2. The normalized spacial score (nSPS) is 16.7. The molecule has 0 fully saturated rings. The van der Waals surface area contributed by atoms with Gasteiger partial charge in [-0.3, -0.25) is 0 Å². The molecule has 0 aromatic heterocycles. The highest BCUT2D eigenvalue weighted by atomic mass is 35.5. The summed E-state index contributed by atoms with van der Waals surface area (Å²) in [5, 5.41) is 11.3. The molecule has 1 N–H and O–H groups in total. The van der Waals surface area contributed by atoms with Crippen molar-refractivity contribution >= 4 is 28.2 Å². The molecule has 3 rings (SSSR count). The lowest BCUT2D eigenvalue weighted by Crippen LogP contribution is -2.09. The van der Waals surface area contributed by atoms with E-state index in [4.69, 9.17) is 11.6 Å². The van der Waals surface area contributed by atoms with Gasteiger partial charge in [-0.2, -0.15) is 0 Å². The van der Waals surface area contributed by atoms with Gasteiger partial charge in [0, 0.05) is 20.2 Å². The Morgan fingerprint density at radius 3 is 2.78 bits per heavy atom. The number of hydrogen-bond acceptors (Lipinski definition) is 1. The monoisotopic (exact) mass is 276 g/mol. The first-order valence-corrected chi connectivity index (χ1v) is 7.62. The second kappa shape index (κ2) is 4.88. The maximum Gasteiger partial charge on any atom is 0.0520 e. The summed E-state index contributed by atoms with van der Waals surface area (Å²) in [5.74, 6) is 0.777. The highest BCUT2D eigenvalue weighted by Gasteiger charge is 2.10. The Hall–Kier alpha value is -1.09. The van der Waals surface area contributed by atoms with Gasteiger partial charge >= 0.3 is 0 Å². The average Bonchev–Trinajstić information content (AvgIpc) is 2.38. The Labute approximate surface area is 113 Å². The minimum absolute atomic E-state index is 0.0427. The van der Waals surface area contributed by atoms with Crippen molar-refractivity contribution in [3.8, 4) is 0 Å². The van der Waals surface area contributed by atoms with Crippen molar-refractivity contribution in [2.75, 3.05) is 12.4 Å². The lowest BCUT2D eigenvalue weighted by molar-refractivity contribution is 0.322. The lowest BCUT2D eigenvalue weighted by atomic mass is 10.1. The molecular formula is C15H13ClOS. The average molecular weight is 277 g/mol. The van der Waals surface area contributed by atoms with Crippen LogP contribution in [0.25, 0.3) is 6.08 Å². The second-order valence-electron chi connectivity index (χ2n) is 4.18. The van der Waals surface area contributed by atoms with Crippen molar-refractivity contribution < 1.29 is 5.11 Å². The maximum absolute atomic E-state index is 9.29. The van der Waals surface area contributed by atoms with Gasteiger partial charge in [0.25, 0.3) is 0 Å². The summed E-state index contributed by atoms with van der Waals surface area (Å²) in [6.07, 6.45) is 2.18. The molecule has 1 atom stereocenters. The van der Waals surface area contributed by atoms with E-state index in [1.165, 1.54) is 20.2 Å². The van der Waals surface area contributed by atoms with Crippen LogP contribution in [-0.4, -0.2) is 17.5 Å². The van der Waals surface area contributed by atoms with Gasteiger partial charge in [-0.1, -0.05) is 29.8 Å². The van der Waals surface area contributed by atoms with E-state index >= 15 is 0 Å². The summed E-state index contributed by atoms with van der Waals surface area (Å²) >= 11 is 6.06. The molecule has 1 nitrogen and oxygen atoms in total. The molecule has 0 saturated heterocycles. The zero-order valence-corrected chi connectivity index (χ0v) is 11.3. The summed E-state index contributed by atoms with van der Waals surface area (Å²) in [6.45, 7) is 0.208. The molecule has 1 heterocycles. The third-order valence-corrected chi connectivity index (χ3v) is 5.66. The van der Waals surface area contributed by atoms with Gasteiger partial charge < -0.3 is 5.11 Å². The summed E-state index contributed by atoms with van der Waals surface area (Å²) in [6, 6.07) is 14.4. The molecule has 0 saturated carbocycles. The SMILES string of the molecule is OCCS1=c2ccccc2=Cc2cc(Cl)ccc21. The van der Waals surface area contributed by atoms with Gasteiger partial charge in [0.15, 0.2) is 0 Å². The molecule has 0 bridgehead atoms. The van der Waals surface area contributed by atoms with Crippen LogP contribution >= 0.6 is 22.1 Å². The third-order valence-electron chi connectivity index (χ3n) is 3.03.